The van der Waals surface area contributed by atoms with E-state index in [0.29, 0.717) is 0 Å². The third-order valence-corrected chi connectivity index (χ3v) is 3.97. The van der Waals surface area contributed by atoms with Crippen molar-refractivity contribution in [2.24, 2.45) is 16.7 Å². The summed E-state index contributed by atoms with van der Waals surface area (Å²) >= 11 is 0. The Morgan fingerprint density at radius 2 is 1.83 bits per heavy atom. The van der Waals surface area contributed by atoms with Crippen LogP contribution in [0.5, 0.6) is 0 Å². The third kappa shape index (κ3) is 1.13. The third-order valence-electron chi connectivity index (χ3n) is 3.97. The first-order chi connectivity index (χ1) is 5.29. The fourth-order valence-corrected chi connectivity index (χ4v) is 2.09. The standard InChI is InChI=1S/C10H18O2/c1-9(2)6-5-7(8(11)12)10(9,3)4/h7H,5-6H2,1-4H3,(H,11,12). The number of carbonyl (C=O) groups is 1. The number of carboxylic acid groups (broad SMARTS) is 1. The summed E-state index contributed by atoms with van der Waals surface area (Å²) in [4.78, 5) is 10.9. The number of carboxylic acids is 1. The molecule has 0 aromatic rings. The Labute approximate surface area is 74.0 Å². The van der Waals surface area contributed by atoms with E-state index in [1.807, 2.05) is 0 Å². The summed E-state index contributed by atoms with van der Waals surface area (Å²) < 4.78 is 0. The van der Waals surface area contributed by atoms with Crippen molar-refractivity contribution in [2.45, 2.75) is 40.5 Å². The molecule has 1 fully saturated rings. The monoisotopic (exact) mass is 170 g/mol. The number of aliphatic carboxylic acids is 1. The van der Waals surface area contributed by atoms with Crippen LogP contribution in [0.15, 0.2) is 0 Å². The van der Waals surface area contributed by atoms with Crippen molar-refractivity contribution in [3.8, 4) is 0 Å². The van der Waals surface area contributed by atoms with Crippen LogP contribution >= 0.6 is 0 Å². The summed E-state index contributed by atoms with van der Waals surface area (Å²) in [5.41, 5.74) is 0.0922. The van der Waals surface area contributed by atoms with Crippen LogP contribution in [0, 0.1) is 16.7 Å². The lowest BCUT2D eigenvalue weighted by atomic mass is 9.67. The second kappa shape index (κ2) is 2.48. The molecule has 2 heteroatoms. The van der Waals surface area contributed by atoms with Crippen LogP contribution < -0.4 is 0 Å². The average molecular weight is 170 g/mol. The maximum atomic E-state index is 10.9. The molecule has 1 saturated carbocycles. The van der Waals surface area contributed by atoms with Gasteiger partial charge in [-0.3, -0.25) is 4.79 Å². The molecule has 1 aliphatic carbocycles. The number of hydrogen-bond acceptors (Lipinski definition) is 1. The fraction of sp³-hybridized carbons (Fsp3) is 0.900. The van der Waals surface area contributed by atoms with Crippen molar-refractivity contribution in [1.82, 2.24) is 0 Å². The number of hydrogen-bond donors (Lipinski definition) is 1. The molecule has 0 radical (unpaired) electrons. The van der Waals surface area contributed by atoms with Gasteiger partial charge in [-0.15, -0.1) is 0 Å². The Kier molecular flexibility index (Phi) is 1.97. The summed E-state index contributed by atoms with van der Waals surface area (Å²) in [7, 11) is 0. The van der Waals surface area contributed by atoms with Crippen LogP contribution in [-0.2, 0) is 4.79 Å². The SMILES string of the molecule is CC1(C)CCC(C(=O)O)C1(C)C. The van der Waals surface area contributed by atoms with E-state index in [2.05, 4.69) is 27.7 Å². The van der Waals surface area contributed by atoms with Crippen LogP contribution in [0.2, 0.25) is 0 Å². The van der Waals surface area contributed by atoms with Gasteiger partial charge in [0.15, 0.2) is 0 Å². The predicted molar refractivity (Wildman–Crippen MR) is 47.9 cm³/mol. The van der Waals surface area contributed by atoms with E-state index in [0.717, 1.165) is 12.8 Å². The molecule has 0 aliphatic heterocycles. The summed E-state index contributed by atoms with van der Waals surface area (Å²) in [6.07, 6.45) is 1.85. The van der Waals surface area contributed by atoms with E-state index in [4.69, 9.17) is 5.11 Å². The molecule has 0 bridgehead atoms. The molecule has 0 saturated heterocycles. The van der Waals surface area contributed by atoms with Crippen LogP contribution in [0.3, 0.4) is 0 Å². The average Bonchev–Trinajstić information content (AvgIpc) is 2.03. The van der Waals surface area contributed by atoms with E-state index in [-0.39, 0.29) is 16.7 Å². The molecule has 2 nitrogen and oxygen atoms in total. The first-order valence-corrected chi connectivity index (χ1v) is 4.52. The zero-order valence-corrected chi connectivity index (χ0v) is 8.35. The molecular formula is C10H18O2. The van der Waals surface area contributed by atoms with Crippen molar-refractivity contribution >= 4 is 5.97 Å². The Balaban J connectivity index is 2.93. The van der Waals surface area contributed by atoms with E-state index < -0.39 is 5.97 Å². The molecule has 12 heavy (non-hydrogen) atoms. The highest BCUT2D eigenvalue weighted by Crippen LogP contribution is 2.55. The van der Waals surface area contributed by atoms with Gasteiger partial charge in [0, 0.05) is 0 Å². The zero-order valence-electron chi connectivity index (χ0n) is 8.35. The van der Waals surface area contributed by atoms with Gasteiger partial charge in [0.05, 0.1) is 5.92 Å². The summed E-state index contributed by atoms with van der Waals surface area (Å²) in [5.74, 6) is -0.793. The van der Waals surface area contributed by atoms with Crippen molar-refractivity contribution < 1.29 is 9.90 Å². The van der Waals surface area contributed by atoms with E-state index in [1.165, 1.54) is 0 Å². The minimum atomic E-state index is -0.634. The summed E-state index contributed by atoms with van der Waals surface area (Å²) in [6.45, 7) is 8.46. The van der Waals surface area contributed by atoms with Crippen LogP contribution in [0.4, 0.5) is 0 Å². The van der Waals surface area contributed by atoms with Gasteiger partial charge in [-0.25, -0.2) is 0 Å². The molecule has 0 aromatic carbocycles. The van der Waals surface area contributed by atoms with Crippen molar-refractivity contribution in [2.75, 3.05) is 0 Å². The van der Waals surface area contributed by atoms with Gasteiger partial charge >= 0.3 is 5.97 Å². The number of rotatable bonds is 1. The molecule has 1 aliphatic rings. The molecule has 0 amide bonds. The minimum Gasteiger partial charge on any atom is -0.481 e. The first-order valence-electron chi connectivity index (χ1n) is 4.52. The van der Waals surface area contributed by atoms with Crippen LogP contribution in [0.25, 0.3) is 0 Å². The quantitative estimate of drug-likeness (QED) is 0.656. The van der Waals surface area contributed by atoms with E-state index in [9.17, 15) is 4.79 Å². The molecule has 1 rings (SSSR count). The van der Waals surface area contributed by atoms with Crippen molar-refractivity contribution in [3.63, 3.8) is 0 Å². The molecular weight excluding hydrogens is 152 g/mol. The van der Waals surface area contributed by atoms with Gasteiger partial charge in [0.1, 0.15) is 0 Å². The smallest absolute Gasteiger partial charge is 0.307 e. The largest absolute Gasteiger partial charge is 0.481 e. The van der Waals surface area contributed by atoms with Gasteiger partial charge in [-0.1, -0.05) is 27.7 Å². The lowest BCUT2D eigenvalue weighted by molar-refractivity contribution is -0.146. The van der Waals surface area contributed by atoms with Gasteiger partial charge in [0.25, 0.3) is 0 Å². The van der Waals surface area contributed by atoms with Gasteiger partial charge in [0.2, 0.25) is 0 Å². The first kappa shape index (κ1) is 9.56. The van der Waals surface area contributed by atoms with Gasteiger partial charge in [-0.05, 0) is 23.7 Å². The lowest BCUT2D eigenvalue weighted by Gasteiger charge is -2.37. The molecule has 1 N–H and O–H groups in total. The van der Waals surface area contributed by atoms with Crippen LogP contribution in [0.1, 0.15) is 40.5 Å². The fourth-order valence-electron chi connectivity index (χ4n) is 2.09. The Bertz CT molecular complexity index is 204. The maximum absolute atomic E-state index is 10.9. The lowest BCUT2D eigenvalue weighted by Crippen LogP contribution is -2.35. The van der Waals surface area contributed by atoms with Gasteiger partial charge < -0.3 is 5.11 Å². The van der Waals surface area contributed by atoms with Crippen molar-refractivity contribution in [1.29, 1.82) is 0 Å². The highest BCUT2D eigenvalue weighted by molar-refractivity contribution is 5.71. The molecule has 70 valence electrons. The molecule has 0 aromatic heterocycles. The van der Waals surface area contributed by atoms with Gasteiger partial charge in [-0.2, -0.15) is 0 Å². The topological polar surface area (TPSA) is 37.3 Å². The summed E-state index contributed by atoms with van der Waals surface area (Å²) in [6, 6.07) is 0. The zero-order chi connectivity index (χ0) is 9.57. The second-order valence-corrected chi connectivity index (χ2v) is 5.04. The normalized spacial score (nSPS) is 31.8. The Morgan fingerprint density at radius 1 is 1.33 bits per heavy atom. The molecule has 1 atom stereocenters. The van der Waals surface area contributed by atoms with Crippen molar-refractivity contribution in [3.05, 3.63) is 0 Å². The molecule has 0 spiro atoms. The van der Waals surface area contributed by atoms with E-state index >= 15 is 0 Å². The molecule has 0 heterocycles. The highest BCUT2D eigenvalue weighted by atomic mass is 16.4. The molecule has 1 unspecified atom stereocenters. The second-order valence-electron chi connectivity index (χ2n) is 5.04. The Morgan fingerprint density at radius 3 is 2.00 bits per heavy atom. The Hall–Kier alpha value is -0.530. The summed E-state index contributed by atoms with van der Waals surface area (Å²) in [5, 5.41) is 8.98. The minimum absolute atomic E-state index is 0.0706. The van der Waals surface area contributed by atoms with E-state index in [1.54, 1.807) is 0 Å². The highest BCUT2D eigenvalue weighted by Gasteiger charge is 2.51. The van der Waals surface area contributed by atoms with Crippen LogP contribution in [-0.4, -0.2) is 11.1 Å². The maximum Gasteiger partial charge on any atom is 0.307 e. The predicted octanol–water partition coefficient (Wildman–Crippen LogP) is 2.53.